The Labute approximate surface area is 75.0 Å². The number of aromatic nitrogens is 5. The number of nitrogens with zero attached hydrogens (tertiary/aromatic N) is 5. The van der Waals surface area contributed by atoms with Crippen LogP contribution in [0.2, 0.25) is 0 Å². The Morgan fingerprint density at radius 2 is 2.23 bits per heavy atom. The van der Waals surface area contributed by atoms with E-state index in [0.29, 0.717) is 5.82 Å². The molecule has 0 unspecified atom stereocenters. The Balaban J connectivity index is 2.52. The van der Waals surface area contributed by atoms with Gasteiger partial charge < -0.3 is 5.73 Å². The summed E-state index contributed by atoms with van der Waals surface area (Å²) in [6.07, 6.45) is 1.84. The molecule has 2 heterocycles. The van der Waals surface area contributed by atoms with Gasteiger partial charge in [-0.1, -0.05) is 5.21 Å². The minimum Gasteiger partial charge on any atom is -0.381 e. The normalized spacial score (nSPS) is 10.6. The summed E-state index contributed by atoms with van der Waals surface area (Å²) in [5, 5.41) is 11.8. The van der Waals surface area contributed by atoms with Crippen molar-refractivity contribution < 1.29 is 0 Å². The SMILES string of the molecule is Cc1c(N)nnn1-c1ccn(C)n1. The average molecular weight is 178 g/mol. The van der Waals surface area contributed by atoms with Gasteiger partial charge in [0.15, 0.2) is 11.6 Å². The van der Waals surface area contributed by atoms with Crippen LogP contribution in [0.3, 0.4) is 0 Å². The minimum atomic E-state index is 0.436. The van der Waals surface area contributed by atoms with Crippen LogP contribution in [0.15, 0.2) is 12.3 Å². The summed E-state index contributed by atoms with van der Waals surface area (Å²) in [6, 6.07) is 1.85. The van der Waals surface area contributed by atoms with Gasteiger partial charge in [-0.3, -0.25) is 4.68 Å². The molecule has 0 saturated heterocycles. The topological polar surface area (TPSA) is 74.5 Å². The van der Waals surface area contributed by atoms with Crippen LogP contribution in [0.25, 0.3) is 5.82 Å². The van der Waals surface area contributed by atoms with Crippen LogP contribution in [0, 0.1) is 6.92 Å². The fourth-order valence-electron chi connectivity index (χ4n) is 1.07. The highest BCUT2D eigenvalue weighted by Gasteiger charge is 2.08. The van der Waals surface area contributed by atoms with Gasteiger partial charge >= 0.3 is 0 Å². The van der Waals surface area contributed by atoms with Gasteiger partial charge in [-0.05, 0) is 6.92 Å². The number of rotatable bonds is 1. The minimum absolute atomic E-state index is 0.436. The predicted molar refractivity (Wildman–Crippen MR) is 47.3 cm³/mol. The van der Waals surface area contributed by atoms with Crippen LogP contribution < -0.4 is 5.73 Å². The van der Waals surface area contributed by atoms with Gasteiger partial charge in [0.2, 0.25) is 0 Å². The molecule has 0 radical (unpaired) electrons. The molecule has 0 aliphatic rings. The summed E-state index contributed by atoms with van der Waals surface area (Å²) in [4.78, 5) is 0. The Morgan fingerprint density at radius 1 is 1.46 bits per heavy atom. The third-order valence-electron chi connectivity index (χ3n) is 1.85. The number of nitrogen functional groups attached to an aromatic ring is 1. The molecule has 0 bridgehead atoms. The van der Waals surface area contributed by atoms with Gasteiger partial charge in [0, 0.05) is 19.3 Å². The molecule has 2 aromatic rings. The maximum absolute atomic E-state index is 5.56. The molecule has 0 aliphatic carbocycles. The molecule has 2 rings (SSSR count). The summed E-state index contributed by atoms with van der Waals surface area (Å²) in [5.41, 5.74) is 6.36. The number of nitrogens with two attached hydrogens (primary N) is 1. The zero-order chi connectivity index (χ0) is 9.42. The van der Waals surface area contributed by atoms with Gasteiger partial charge in [-0.25, -0.2) is 0 Å². The van der Waals surface area contributed by atoms with E-state index < -0.39 is 0 Å². The van der Waals surface area contributed by atoms with Crippen molar-refractivity contribution in [2.24, 2.45) is 7.05 Å². The number of hydrogen-bond acceptors (Lipinski definition) is 4. The molecule has 2 aromatic heterocycles. The molecule has 0 aliphatic heterocycles. The summed E-state index contributed by atoms with van der Waals surface area (Å²) < 4.78 is 3.31. The molecule has 2 N–H and O–H groups in total. The molecule has 0 amide bonds. The quantitative estimate of drug-likeness (QED) is 0.661. The first-order chi connectivity index (χ1) is 6.18. The van der Waals surface area contributed by atoms with Crippen LogP contribution in [0.5, 0.6) is 0 Å². The van der Waals surface area contributed by atoms with Gasteiger partial charge in [-0.2, -0.15) is 9.78 Å². The first kappa shape index (κ1) is 7.78. The Kier molecular flexibility index (Phi) is 1.54. The van der Waals surface area contributed by atoms with Crippen LogP contribution in [0.1, 0.15) is 5.69 Å². The molecule has 0 spiro atoms. The highest BCUT2D eigenvalue weighted by Crippen LogP contribution is 2.10. The third kappa shape index (κ3) is 1.16. The first-order valence-electron chi connectivity index (χ1n) is 3.86. The summed E-state index contributed by atoms with van der Waals surface area (Å²) >= 11 is 0. The molecule has 13 heavy (non-hydrogen) atoms. The lowest BCUT2D eigenvalue weighted by atomic mass is 10.5. The second kappa shape index (κ2) is 2.58. The highest BCUT2D eigenvalue weighted by molar-refractivity contribution is 5.36. The van der Waals surface area contributed by atoms with Crippen LogP contribution in [-0.4, -0.2) is 24.8 Å². The summed E-state index contributed by atoms with van der Waals surface area (Å²) in [7, 11) is 1.85. The maximum atomic E-state index is 5.56. The maximum Gasteiger partial charge on any atom is 0.177 e. The molecule has 6 nitrogen and oxygen atoms in total. The summed E-state index contributed by atoms with van der Waals surface area (Å²) in [6.45, 7) is 1.85. The molecule has 0 saturated carbocycles. The smallest absolute Gasteiger partial charge is 0.177 e. The van der Waals surface area contributed by atoms with E-state index in [1.807, 2.05) is 26.2 Å². The fraction of sp³-hybridized carbons (Fsp3) is 0.286. The van der Waals surface area contributed by atoms with Crippen molar-refractivity contribution >= 4 is 5.82 Å². The van der Waals surface area contributed by atoms with E-state index in [4.69, 9.17) is 5.73 Å². The van der Waals surface area contributed by atoms with E-state index in [9.17, 15) is 0 Å². The molecular formula is C7H10N6. The molecular weight excluding hydrogens is 168 g/mol. The number of hydrogen-bond donors (Lipinski definition) is 1. The van der Waals surface area contributed by atoms with Crippen molar-refractivity contribution in [3.05, 3.63) is 18.0 Å². The second-order valence-electron chi connectivity index (χ2n) is 2.82. The third-order valence-corrected chi connectivity index (χ3v) is 1.85. The van der Waals surface area contributed by atoms with Crippen molar-refractivity contribution in [3.8, 4) is 5.82 Å². The van der Waals surface area contributed by atoms with Crippen molar-refractivity contribution in [1.82, 2.24) is 24.8 Å². The Bertz CT molecular complexity index is 426. The lowest BCUT2D eigenvalue weighted by molar-refractivity contribution is 0.707. The highest BCUT2D eigenvalue weighted by atomic mass is 15.5. The lowest BCUT2D eigenvalue weighted by Gasteiger charge is -1.96. The zero-order valence-corrected chi connectivity index (χ0v) is 7.47. The average Bonchev–Trinajstić information content (AvgIpc) is 2.62. The van der Waals surface area contributed by atoms with E-state index >= 15 is 0 Å². The van der Waals surface area contributed by atoms with Gasteiger partial charge in [0.25, 0.3) is 0 Å². The van der Waals surface area contributed by atoms with Crippen molar-refractivity contribution in [2.75, 3.05) is 5.73 Å². The van der Waals surface area contributed by atoms with Crippen LogP contribution in [-0.2, 0) is 7.05 Å². The van der Waals surface area contributed by atoms with Crippen molar-refractivity contribution in [1.29, 1.82) is 0 Å². The predicted octanol–water partition coefficient (Wildman–Crippen LogP) is -0.109. The molecule has 6 heteroatoms. The van der Waals surface area contributed by atoms with E-state index in [0.717, 1.165) is 11.5 Å². The van der Waals surface area contributed by atoms with Crippen molar-refractivity contribution in [3.63, 3.8) is 0 Å². The molecule has 0 atom stereocenters. The zero-order valence-electron chi connectivity index (χ0n) is 7.47. The van der Waals surface area contributed by atoms with Gasteiger partial charge in [0.05, 0.1) is 5.69 Å². The Hall–Kier alpha value is -1.85. The molecule has 0 aromatic carbocycles. The van der Waals surface area contributed by atoms with Gasteiger partial charge in [0.1, 0.15) is 0 Å². The molecule has 68 valence electrons. The largest absolute Gasteiger partial charge is 0.381 e. The lowest BCUT2D eigenvalue weighted by Crippen LogP contribution is -2.01. The van der Waals surface area contributed by atoms with Gasteiger partial charge in [-0.15, -0.1) is 5.10 Å². The Morgan fingerprint density at radius 3 is 2.69 bits per heavy atom. The fourth-order valence-corrected chi connectivity index (χ4v) is 1.07. The number of aryl methyl sites for hydroxylation is 1. The monoisotopic (exact) mass is 178 g/mol. The summed E-state index contributed by atoms with van der Waals surface area (Å²) in [5.74, 6) is 1.16. The van der Waals surface area contributed by atoms with E-state index in [1.165, 1.54) is 0 Å². The van der Waals surface area contributed by atoms with E-state index in [1.54, 1.807) is 9.36 Å². The standard InChI is InChI=1S/C7H10N6/c1-5-7(8)9-11-13(5)6-3-4-12(2)10-6/h3-4H,8H2,1-2H3. The van der Waals surface area contributed by atoms with Crippen LogP contribution >= 0.6 is 0 Å². The van der Waals surface area contributed by atoms with E-state index in [-0.39, 0.29) is 0 Å². The first-order valence-corrected chi connectivity index (χ1v) is 3.86. The number of anilines is 1. The van der Waals surface area contributed by atoms with Crippen molar-refractivity contribution in [2.45, 2.75) is 6.92 Å². The van der Waals surface area contributed by atoms with Crippen LogP contribution in [0.4, 0.5) is 5.82 Å². The second-order valence-corrected chi connectivity index (χ2v) is 2.82. The van der Waals surface area contributed by atoms with E-state index in [2.05, 4.69) is 15.4 Å². The molecule has 0 fully saturated rings.